The van der Waals surface area contributed by atoms with Crippen molar-refractivity contribution in [3.8, 4) is 0 Å². The van der Waals surface area contributed by atoms with Gasteiger partial charge in [-0.05, 0) is 30.3 Å². The first-order valence-corrected chi connectivity index (χ1v) is 6.43. The van der Waals surface area contributed by atoms with E-state index >= 15 is 0 Å². The molecule has 0 saturated heterocycles. The smallest absolute Gasteiger partial charge is 0.371 e. The van der Waals surface area contributed by atoms with Gasteiger partial charge in [-0.1, -0.05) is 0 Å². The summed E-state index contributed by atoms with van der Waals surface area (Å²) in [5.74, 6) is -2.70. The number of carbonyl (C=O) groups is 2. The number of hydrogen-bond donors (Lipinski definition) is 2. The molecule has 0 radical (unpaired) electrons. The first-order valence-electron chi connectivity index (χ1n) is 5.45. The maximum Gasteiger partial charge on any atom is 0.371 e. The Morgan fingerprint density at radius 2 is 1.90 bits per heavy atom. The summed E-state index contributed by atoms with van der Waals surface area (Å²) in [5, 5.41) is 17.5. The molecule has 0 fully saturated rings. The molecule has 1 aromatic carbocycles. The molecule has 0 atom stereocenters. The number of benzene rings is 1. The minimum Gasteiger partial charge on any atom is -0.478 e. The molecule has 0 aliphatic rings. The lowest BCUT2D eigenvalue weighted by molar-refractivity contribution is 0.0657. The lowest BCUT2D eigenvalue weighted by Crippen LogP contribution is -2.00. The zero-order valence-corrected chi connectivity index (χ0v) is 10.8. The average molecular weight is 296 g/mol. The van der Waals surface area contributed by atoms with Crippen molar-refractivity contribution in [2.45, 2.75) is 10.6 Å². The van der Waals surface area contributed by atoms with E-state index in [0.29, 0.717) is 16.4 Å². The molecule has 0 saturated carbocycles. The van der Waals surface area contributed by atoms with Gasteiger partial charge in [0.2, 0.25) is 5.76 Å². The molecule has 2 N–H and O–H groups in total. The van der Waals surface area contributed by atoms with Gasteiger partial charge in [0.15, 0.2) is 0 Å². The number of aromatic carboxylic acids is 2. The molecule has 2 aromatic rings. The fourth-order valence-corrected chi connectivity index (χ4v) is 2.31. The molecule has 0 spiro atoms. The number of furan rings is 1. The molecule has 0 amide bonds. The first kappa shape index (κ1) is 14.1. The fraction of sp³-hybridized carbons (Fsp3) is 0.0769. The predicted octanol–water partition coefficient (Wildman–Crippen LogP) is 3.11. The van der Waals surface area contributed by atoms with Crippen LogP contribution < -0.4 is 0 Å². The Kier molecular flexibility index (Phi) is 4.09. The molecule has 0 aliphatic heterocycles. The zero-order valence-electron chi connectivity index (χ0n) is 10.00. The normalized spacial score (nSPS) is 10.4. The molecule has 1 aromatic heterocycles. The van der Waals surface area contributed by atoms with E-state index in [2.05, 4.69) is 0 Å². The Balaban J connectivity index is 2.08. The van der Waals surface area contributed by atoms with Gasteiger partial charge in [-0.15, -0.1) is 11.8 Å². The molecule has 1 heterocycles. The molecular formula is C13H9FO5S. The third kappa shape index (κ3) is 3.18. The summed E-state index contributed by atoms with van der Waals surface area (Å²) in [4.78, 5) is 22.0. The number of carboxylic acid groups (broad SMARTS) is 2. The van der Waals surface area contributed by atoms with E-state index in [1.807, 2.05) is 0 Å². The molecule has 104 valence electrons. The first-order chi connectivity index (χ1) is 9.47. The topological polar surface area (TPSA) is 87.7 Å². The highest BCUT2D eigenvalue weighted by molar-refractivity contribution is 7.98. The molecule has 7 heteroatoms. The van der Waals surface area contributed by atoms with Crippen LogP contribution in [0.15, 0.2) is 39.6 Å². The van der Waals surface area contributed by atoms with E-state index < -0.39 is 23.3 Å². The Labute approximate surface area is 117 Å². The van der Waals surface area contributed by atoms with Crippen LogP contribution in [0.25, 0.3) is 0 Å². The molecule has 5 nitrogen and oxygen atoms in total. The minimum atomic E-state index is -1.34. The van der Waals surface area contributed by atoms with Crippen LogP contribution in [0.5, 0.6) is 0 Å². The molecule has 0 aliphatic carbocycles. The standard InChI is InChI=1S/C13H9FO5S/c14-10-3-2-8(5-9(10)12(15)16)20-6-7-1-4-11(19-7)13(17)18/h1-5H,6H2,(H,15,16)(H,17,18). The highest BCUT2D eigenvalue weighted by Gasteiger charge is 2.12. The second-order valence-electron chi connectivity index (χ2n) is 3.81. The van der Waals surface area contributed by atoms with Crippen molar-refractivity contribution < 1.29 is 28.6 Å². The van der Waals surface area contributed by atoms with Gasteiger partial charge in [0, 0.05) is 4.90 Å². The second kappa shape index (κ2) is 5.79. The van der Waals surface area contributed by atoms with Crippen molar-refractivity contribution in [1.29, 1.82) is 0 Å². The Morgan fingerprint density at radius 3 is 2.50 bits per heavy atom. The molecule has 0 bridgehead atoms. The van der Waals surface area contributed by atoms with E-state index in [4.69, 9.17) is 14.6 Å². The van der Waals surface area contributed by atoms with Crippen molar-refractivity contribution in [3.63, 3.8) is 0 Å². The van der Waals surface area contributed by atoms with Crippen molar-refractivity contribution >= 4 is 23.7 Å². The summed E-state index contributed by atoms with van der Waals surface area (Å²) >= 11 is 1.22. The summed E-state index contributed by atoms with van der Waals surface area (Å²) in [6, 6.07) is 6.62. The summed E-state index contributed by atoms with van der Waals surface area (Å²) in [5.41, 5.74) is -0.402. The summed E-state index contributed by atoms with van der Waals surface area (Å²) in [6.07, 6.45) is 0. The molecular weight excluding hydrogens is 287 g/mol. The minimum absolute atomic E-state index is 0.161. The van der Waals surface area contributed by atoms with Crippen molar-refractivity contribution in [3.05, 3.63) is 53.2 Å². The highest BCUT2D eigenvalue weighted by atomic mass is 32.2. The van der Waals surface area contributed by atoms with E-state index in [0.717, 1.165) is 6.07 Å². The molecule has 0 unspecified atom stereocenters. The van der Waals surface area contributed by atoms with Crippen LogP contribution in [0, 0.1) is 5.82 Å². The highest BCUT2D eigenvalue weighted by Crippen LogP contribution is 2.25. The lowest BCUT2D eigenvalue weighted by atomic mass is 10.2. The van der Waals surface area contributed by atoms with Crippen LogP contribution in [0.3, 0.4) is 0 Å². The van der Waals surface area contributed by atoms with Crippen molar-refractivity contribution in [2.24, 2.45) is 0 Å². The van der Waals surface area contributed by atoms with Crippen LogP contribution in [-0.2, 0) is 5.75 Å². The van der Waals surface area contributed by atoms with E-state index in [-0.39, 0.29) is 5.76 Å². The lowest BCUT2D eigenvalue weighted by Gasteiger charge is -2.02. The Bertz CT molecular complexity index is 665. The maximum atomic E-state index is 13.2. The SMILES string of the molecule is O=C(O)c1ccc(CSc2ccc(F)c(C(=O)O)c2)o1. The Hall–Kier alpha value is -2.28. The molecule has 20 heavy (non-hydrogen) atoms. The maximum absolute atomic E-state index is 13.2. The van der Waals surface area contributed by atoms with Gasteiger partial charge in [0.25, 0.3) is 0 Å². The predicted molar refractivity (Wildman–Crippen MR) is 68.6 cm³/mol. The van der Waals surface area contributed by atoms with Crippen LogP contribution in [-0.4, -0.2) is 22.2 Å². The zero-order chi connectivity index (χ0) is 14.7. The third-order valence-electron chi connectivity index (χ3n) is 2.42. The molecule has 2 rings (SSSR count). The number of thioether (sulfide) groups is 1. The van der Waals surface area contributed by atoms with Crippen molar-refractivity contribution in [2.75, 3.05) is 0 Å². The summed E-state index contributed by atoms with van der Waals surface area (Å²) in [6.45, 7) is 0. The summed E-state index contributed by atoms with van der Waals surface area (Å²) in [7, 11) is 0. The number of hydrogen-bond acceptors (Lipinski definition) is 4. The largest absolute Gasteiger partial charge is 0.478 e. The van der Waals surface area contributed by atoms with Gasteiger partial charge < -0.3 is 14.6 Å². The van der Waals surface area contributed by atoms with Crippen LogP contribution >= 0.6 is 11.8 Å². The average Bonchev–Trinajstić information content (AvgIpc) is 2.86. The summed E-state index contributed by atoms with van der Waals surface area (Å²) < 4.78 is 18.3. The van der Waals surface area contributed by atoms with Gasteiger partial charge in [-0.2, -0.15) is 0 Å². The van der Waals surface area contributed by atoms with E-state index in [1.165, 1.54) is 36.0 Å². The Morgan fingerprint density at radius 1 is 1.15 bits per heavy atom. The third-order valence-corrected chi connectivity index (χ3v) is 3.44. The van der Waals surface area contributed by atoms with Gasteiger partial charge in [-0.3, -0.25) is 0 Å². The number of rotatable bonds is 5. The van der Waals surface area contributed by atoms with Crippen LogP contribution in [0.4, 0.5) is 4.39 Å². The number of halogens is 1. The van der Waals surface area contributed by atoms with Crippen molar-refractivity contribution in [1.82, 2.24) is 0 Å². The van der Waals surface area contributed by atoms with Gasteiger partial charge in [0.1, 0.15) is 11.6 Å². The monoisotopic (exact) mass is 296 g/mol. The van der Waals surface area contributed by atoms with Gasteiger partial charge in [-0.25, -0.2) is 14.0 Å². The van der Waals surface area contributed by atoms with Gasteiger partial charge >= 0.3 is 11.9 Å². The van der Waals surface area contributed by atoms with Crippen LogP contribution in [0.2, 0.25) is 0 Å². The quantitative estimate of drug-likeness (QED) is 0.824. The number of carboxylic acids is 2. The second-order valence-corrected chi connectivity index (χ2v) is 4.86. The fourth-order valence-electron chi connectivity index (χ4n) is 1.48. The van der Waals surface area contributed by atoms with E-state index in [1.54, 1.807) is 0 Å². The van der Waals surface area contributed by atoms with Crippen LogP contribution in [0.1, 0.15) is 26.7 Å². The van der Waals surface area contributed by atoms with E-state index in [9.17, 15) is 14.0 Å². The van der Waals surface area contributed by atoms with Gasteiger partial charge in [0.05, 0.1) is 11.3 Å².